The van der Waals surface area contributed by atoms with Crippen molar-refractivity contribution in [2.75, 3.05) is 32.8 Å². The molecule has 1 saturated heterocycles. The highest BCUT2D eigenvalue weighted by atomic mass is 16.5. The summed E-state index contributed by atoms with van der Waals surface area (Å²) in [5.41, 5.74) is 4.85. The van der Waals surface area contributed by atoms with E-state index in [9.17, 15) is 9.90 Å². The van der Waals surface area contributed by atoms with Crippen molar-refractivity contribution >= 4 is 0 Å². The maximum absolute atomic E-state index is 12.2. The number of nitrogens with zero attached hydrogens (tertiary/aromatic N) is 1. The van der Waals surface area contributed by atoms with Crippen molar-refractivity contribution < 1.29 is 9.84 Å². The maximum Gasteiger partial charge on any atom is 0.252 e. The van der Waals surface area contributed by atoms with Crippen LogP contribution in [0, 0.1) is 32.6 Å². The topological polar surface area (TPSA) is 77.6 Å². The number of ether oxygens (including phenoxy) is 1. The number of aromatic amines is 1. The SMILES string of the molecule is Cc1cc(C)c(CNC(O)c2cc(C#CCN3CCOCC3)ccc2C)c(=O)[nH]1. The van der Waals surface area contributed by atoms with E-state index in [1.807, 2.05) is 45.0 Å². The molecule has 154 valence electrons. The van der Waals surface area contributed by atoms with Gasteiger partial charge in [-0.05, 0) is 55.7 Å². The molecule has 2 heterocycles. The molecule has 29 heavy (non-hydrogen) atoms. The van der Waals surface area contributed by atoms with Gasteiger partial charge in [-0.25, -0.2) is 0 Å². The number of pyridine rings is 1. The van der Waals surface area contributed by atoms with Crippen molar-refractivity contribution in [2.45, 2.75) is 33.5 Å². The van der Waals surface area contributed by atoms with Crippen LogP contribution >= 0.6 is 0 Å². The molecule has 1 aliphatic heterocycles. The van der Waals surface area contributed by atoms with Crippen molar-refractivity contribution in [1.82, 2.24) is 15.2 Å². The largest absolute Gasteiger partial charge is 0.379 e. The van der Waals surface area contributed by atoms with Gasteiger partial charge in [0.1, 0.15) is 6.23 Å². The van der Waals surface area contributed by atoms with Crippen molar-refractivity contribution in [3.63, 3.8) is 0 Å². The highest BCUT2D eigenvalue weighted by molar-refractivity contribution is 5.41. The number of H-pyrrole nitrogens is 1. The molecule has 1 unspecified atom stereocenters. The third-order valence-corrected chi connectivity index (χ3v) is 5.18. The zero-order valence-electron chi connectivity index (χ0n) is 17.3. The van der Waals surface area contributed by atoms with Crippen molar-refractivity contribution in [3.05, 3.63) is 68.1 Å². The molecule has 0 bridgehead atoms. The molecule has 0 saturated carbocycles. The Morgan fingerprint density at radius 2 is 1.97 bits per heavy atom. The van der Waals surface area contributed by atoms with Crippen LogP contribution < -0.4 is 10.9 Å². The third kappa shape index (κ3) is 5.78. The van der Waals surface area contributed by atoms with Gasteiger partial charge in [-0.1, -0.05) is 17.9 Å². The second-order valence-corrected chi connectivity index (χ2v) is 7.49. The lowest BCUT2D eigenvalue weighted by Gasteiger charge is -2.24. The molecular weight excluding hydrogens is 366 g/mol. The van der Waals surface area contributed by atoms with Crippen LogP contribution in [-0.2, 0) is 11.3 Å². The number of aromatic nitrogens is 1. The number of morpholine rings is 1. The minimum Gasteiger partial charge on any atom is -0.379 e. The predicted molar refractivity (Wildman–Crippen MR) is 114 cm³/mol. The molecule has 1 aliphatic rings. The fourth-order valence-corrected chi connectivity index (χ4v) is 3.44. The molecule has 1 fully saturated rings. The van der Waals surface area contributed by atoms with E-state index in [1.54, 1.807) is 0 Å². The molecule has 0 aliphatic carbocycles. The van der Waals surface area contributed by atoms with E-state index in [1.165, 1.54) is 0 Å². The van der Waals surface area contributed by atoms with E-state index >= 15 is 0 Å². The molecule has 0 amide bonds. The van der Waals surface area contributed by atoms with Crippen LogP contribution in [0.1, 0.15) is 39.7 Å². The molecule has 6 heteroatoms. The van der Waals surface area contributed by atoms with Gasteiger partial charge in [0, 0.05) is 36.5 Å². The number of aliphatic hydroxyl groups is 1. The lowest BCUT2D eigenvalue weighted by Crippen LogP contribution is -2.36. The molecule has 6 nitrogen and oxygen atoms in total. The van der Waals surface area contributed by atoms with Crippen molar-refractivity contribution in [1.29, 1.82) is 0 Å². The number of aliphatic hydroxyl groups excluding tert-OH is 1. The standard InChI is InChI=1S/C23H29N3O3/c1-16-6-7-19(5-4-8-26-9-11-29-12-10-26)14-20(16)22(27)24-15-21-17(2)13-18(3)25-23(21)28/h6-7,13-14,22,24,27H,8-12,15H2,1-3H3,(H,25,28). The molecule has 0 spiro atoms. The van der Waals surface area contributed by atoms with Gasteiger partial charge in [0.05, 0.1) is 19.8 Å². The normalized spacial score (nSPS) is 15.6. The number of benzene rings is 1. The maximum atomic E-state index is 12.2. The summed E-state index contributed by atoms with van der Waals surface area (Å²) in [5.74, 6) is 6.39. The average Bonchev–Trinajstić information content (AvgIpc) is 2.69. The van der Waals surface area contributed by atoms with E-state index in [-0.39, 0.29) is 12.1 Å². The van der Waals surface area contributed by atoms with Crippen LogP contribution in [0.15, 0.2) is 29.1 Å². The Morgan fingerprint density at radius 3 is 2.69 bits per heavy atom. The van der Waals surface area contributed by atoms with Gasteiger partial charge in [-0.15, -0.1) is 0 Å². The zero-order valence-corrected chi connectivity index (χ0v) is 17.3. The smallest absolute Gasteiger partial charge is 0.252 e. The third-order valence-electron chi connectivity index (χ3n) is 5.18. The van der Waals surface area contributed by atoms with Gasteiger partial charge >= 0.3 is 0 Å². The molecule has 1 atom stereocenters. The predicted octanol–water partition coefficient (Wildman–Crippen LogP) is 1.76. The first-order valence-corrected chi connectivity index (χ1v) is 9.94. The number of nitrogens with one attached hydrogen (secondary N) is 2. The fraction of sp³-hybridized carbons (Fsp3) is 0.435. The molecule has 0 radical (unpaired) electrons. The first-order valence-electron chi connectivity index (χ1n) is 9.94. The summed E-state index contributed by atoms with van der Waals surface area (Å²) in [4.78, 5) is 17.2. The zero-order chi connectivity index (χ0) is 20.8. The Labute approximate surface area is 171 Å². The van der Waals surface area contributed by atoms with Gasteiger partial charge in [-0.3, -0.25) is 15.0 Å². The van der Waals surface area contributed by atoms with Crippen LogP contribution in [0.25, 0.3) is 0 Å². The second kappa shape index (κ2) is 9.86. The first kappa shape index (κ1) is 21.3. The quantitative estimate of drug-likeness (QED) is 0.531. The van der Waals surface area contributed by atoms with Gasteiger partial charge in [0.2, 0.25) is 0 Å². The van der Waals surface area contributed by atoms with E-state index in [0.717, 1.165) is 54.3 Å². The summed E-state index contributed by atoms with van der Waals surface area (Å²) in [7, 11) is 0. The molecule has 1 aromatic heterocycles. The minimum atomic E-state index is -0.879. The van der Waals surface area contributed by atoms with E-state index in [2.05, 4.69) is 27.0 Å². The summed E-state index contributed by atoms with van der Waals surface area (Å²) in [6, 6.07) is 7.77. The number of rotatable bonds is 5. The average molecular weight is 396 g/mol. The molecule has 3 rings (SSSR count). The van der Waals surface area contributed by atoms with E-state index in [0.29, 0.717) is 12.1 Å². The lowest BCUT2D eigenvalue weighted by molar-refractivity contribution is 0.0443. The van der Waals surface area contributed by atoms with Crippen LogP contribution in [0.2, 0.25) is 0 Å². The summed E-state index contributed by atoms with van der Waals surface area (Å²) < 4.78 is 5.35. The van der Waals surface area contributed by atoms with Crippen molar-refractivity contribution in [3.8, 4) is 11.8 Å². The van der Waals surface area contributed by atoms with E-state index < -0.39 is 6.23 Å². The van der Waals surface area contributed by atoms with Gasteiger partial charge in [-0.2, -0.15) is 0 Å². The molecular formula is C23H29N3O3. The number of hydrogen-bond donors (Lipinski definition) is 3. The van der Waals surface area contributed by atoms with Crippen LogP contribution in [0.5, 0.6) is 0 Å². The number of aryl methyl sites for hydroxylation is 3. The Kier molecular flexibility index (Phi) is 7.24. The first-order chi connectivity index (χ1) is 13.9. The fourth-order valence-electron chi connectivity index (χ4n) is 3.44. The Bertz CT molecular complexity index is 966. The minimum absolute atomic E-state index is 0.123. The van der Waals surface area contributed by atoms with Crippen molar-refractivity contribution in [2.24, 2.45) is 0 Å². The van der Waals surface area contributed by atoms with Crippen LogP contribution in [0.4, 0.5) is 0 Å². The summed E-state index contributed by atoms with van der Waals surface area (Å²) in [6.45, 7) is 10.1. The molecule has 3 N–H and O–H groups in total. The summed E-state index contributed by atoms with van der Waals surface area (Å²) in [5, 5.41) is 13.7. The van der Waals surface area contributed by atoms with Gasteiger partial charge in [0.15, 0.2) is 0 Å². The molecule has 2 aromatic rings. The van der Waals surface area contributed by atoms with Gasteiger partial charge in [0.25, 0.3) is 5.56 Å². The van der Waals surface area contributed by atoms with Crippen LogP contribution in [0.3, 0.4) is 0 Å². The summed E-state index contributed by atoms with van der Waals surface area (Å²) >= 11 is 0. The monoisotopic (exact) mass is 395 g/mol. The Balaban J connectivity index is 1.67. The second-order valence-electron chi connectivity index (χ2n) is 7.49. The van der Waals surface area contributed by atoms with E-state index in [4.69, 9.17) is 4.74 Å². The summed E-state index contributed by atoms with van der Waals surface area (Å²) in [6.07, 6.45) is -0.879. The van der Waals surface area contributed by atoms with Gasteiger partial charge < -0.3 is 14.8 Å². The van der Waals surface area contributed by atoms with Crippen LogP contribution in [-0.4, -0.2) is 47.8 Å². The highest BCUT2D eigenvalue weighted by Crippen LogP contribution is 2.18. The number of hydrogen-bond acceptors (Lipinski definition) is 5. The lowest BCUT2D eigenvalue weighted by atomic mass is 10.0. The Hall–Kier alpha value is -2.43. The highest BCUT2D eigenvalue weighted by Gasteiger charge is 2.13. The molecule has 1 aromatic carbocycles. The Morgan fingerprint density at radius 1 is 1.21 bits per heavy atom.